The Bertz CT molecular complexity index is 28.8. The van der Waals surface area contributed by atoms with Crippen molar-refractivity contribution in [3.8, 4) is 0 Å². The third kappa shape index (κ3) is 3.69. The van der Waals surface area contributed by atoms with E-state index < -0.39 is 0 Å². The number of aliphatic hydroxyl groups excluding tert-OH is 1. The smallest absolute Gasteiger partial charge is 0.230 e. The lowest BCUT2D eigenvalue weighted by Gasteiger charge is -1.65. The third-order valence-electron chi connectivity index (χ3n) is 0.247. The summed E-state index contributed by atoms with van der Waals surface area (Å²) < 4.78 is 0. The van der Waals surface area contributed by atoms with Gasteiger partial charge in [-0.1, -0.05) is 0 Å². The second-order valence-electron chi connectivity index (χ2n) is 0.679. The first kappa shape index (κ1) is 4.69. The molecule has 0 aliphatic rings. The summed E-state index contributed by atoms with van der Waals surface area (Å²) in [5, 5.41) is 7.84. The van der Waals surface area contributed by atoms with E-state index >= 15 is 0 Å². The first-order chi connectivity index (χ1) is 2.41. The molecule has 0 aliphatic carbocycles. The van der Waals surface area contributed by atoms with Crippen LogP contribution < -0.4 is 0 Å². The standard InChI is InChI=1S/C2H5BO2/c4-1-3-2-5/h1,3,5H,2H2. The van der Waals surface area contributed by atoms with Crippen molar-refractivity contribution >= 4 is 13.5 Å². The molecule has 0 aromatic carbocycles. The van der Waals surface area contributed by atoms with E-state index in [1.807, 2.05) is 0 Å². The molecular formula is C2H5BO2. The molecule has 28 valence electrons. The van der Waals surface area contributed by atoms with E-state index in [0.717, 1.165) is 0 Å². The lowest BCUT2D eigenvalue weighted by molar-refractivity contribution is 0.367. The van der Waals surface area contributed by atoms with E-state index in [1.165, 1.54) is 0 Å². The molecule has 0 saturated carbocycles. The Morgan fingerprint density at radius 1 is 2.00 bits per heavy atom. The minimum atomic E-state index is -0.0243. The Hall–Kier alpha value is -0.305. The molecule has 0 bridgehead atoms. The van der Waals surface area contributed by atoms with E-state index in [1.54, 1.807) is 0 Å². The molecule has 5 heavy (non-hydrogen) atoms. The summed E-state index contributed by atoms with van der Waals surface area (Å²) >= 11 is 0. The SMILES string of the molecule is O=CBCO. The van der Waals surface area contributed by atoms with Crippen molar-refractivity contribution in [3.05, 3.63) is 0 Å². The highest BCUT2D eigenvalue weighted by Crippen LogP contribution is 1.38. The summed E-state index contributed by atoms with van der Waals surface area (Å²) in [6.45, 7) is -0.0243. The van der Waals surface area contributed by atoms with E-state index in [0.29, 0.717) is 6.19 Å². The maximum Gasteiger partial charge on any atom is 0.230 e. The summed E-state index contributed by atoms with van der Waals surface area (Å²) in [6.07, 6.45) is 0.681. The van der Waals surface area contributed by atoms with Crippen LogP contribution in [0.2, 0.25) is 0 Å². The zero-order valence-corrected chi connectivity index (χ0v) is 2.85. The van der Waals surface area contributed by atoms with Crippen LogP contribution in [0.5, 0.6) is 0 Å². The zero-order valence-electron chi connectivity index (χ0n) is 2.85. The van der Waals surface area contributed by atoms with Crippen molar-refractivity contribution in [1.82, 2.24) is 0 Å². The number of aliphatic hydroxyl groups is 1. The van der Waals surface area contributed by atoms with E-state index in [2.05, 4.69) is 0 Å². The first-order valence-electron chi connectivity index (χ1n) is 1.46. The van der Waals surface area contributed by atoms with Gasteiger partial charge in [0, 0.05) is 6.51 Å². The van der Waals surface area contributed by atoms with E-state index in [-0.39, 0.29) is 13.8 Å². The van der Waals surface area contributed by atoms with Crippen molar-refractivity contribution < 1.29 is 9.90 Å². The molecule has 0 atom stereocenters. The number of carbonyl (C=O) groups excluding carboxylic acids is 1. The largest absolute Gasteiger partial charge is 0.404 e. The number of hydrogen-bond donors (Lipinski definition) is 1. The van der Waals surface area contributed by atoms with Gasteiger partial charge in [-0.25, -0.2) is 0 Å². The second kappa shape index (κ2) is 3.69. The quantitative estimate of drug-likeness (QED) is 0.320. The second-order valence-corrected chi connectivity index (χ2v) is 0.679. The van der Waals surface area contributed by atoms with Crippen molar-refractivity contribution in [2.24, 2.45) is 0 Å². The van der Waals surface area contributed by atoms with Crippen LogP contribution in [0, 0.1) is 0 Å². The fourth-order valence-corrected chi connectivity index (χ4v) is 0.0527. The molecule has 0 saturated heterocycles. The number of rotatable bonds is 2. The highest BCUT2D eigenvalue weighted by molar-refractivity contribution is 6.66. The van der Waals surface area contributed by atoms with Gasteiger partial charge in [-0.2, -0.15) is 0 Å². The normalized spacial score (nSPS) is 6.60. The summed E-state index contributed by atoms with van der Waals surface area (Å²) in [6, 6.07) is 0. The van der Waals surface area contributed by atoms with Crippen molar-refractivity contribution in [3.63, 3.8) is 0 Å². The first-order valence-corrected chi connectivity index (χ1v) is 1.46. The predicted molar refractivity (Wildman–Crippen MR) is 21.0 cm³/mol. The zero-order chi connectivity index (χ0) is 4.12. The molecular weight excluding hydrogens is 66.8 g/mol. The molecule has 1 N–H and O–H groups in total. The molecule has 2 nitrogen and oxygen atoms in total. The van der Waals surface area contributed by atoms with Gasteiger partial charge in [0.25, 0.3) is 0 Å². The van der Waals surface area contributed by atoms with Crippen LogP contribution in [0.25, 0.3) is 0 Å². The maximum absolute atomic E-state index is 9.24. The van der Waals surface area contributed by atoms with Crippen molar-refractivity contribution in [1.29, 1.82) is 0 Å². The molecule has 0 spiro atoms. The van der Waals surface area contributed by atoms with E-state index in [9.17, 15) is 4.79 Å². The fourth-order valence-electron chi connectivity index (χ4n) is 0.0527. The molecule has 0 radical (unpaired) electrons. The van der Waals surface area contributed by atoms with Crippen molar-refractivity contribution in [2.75, 3.05) is 6.51 Å². The highest BCUT2D eigenvalue weighted by atomic mass is 16.2. The molecule has 0 aromatic rings. The lowest BCUT2D eigenvalue weighted by atomic mass is 9.84. The van der Waals surface area contributed by atoms with Gasteiger partial charge in [-0.3, -0.25) is 0 Å². The molecule has 0 heterocycles. The van der Waals surface area contributed by atoms with Crippen molar-refractivity contribution in [2.45, 2.75) is 0 Å². The van der Waals surface area contributed by atoms with E-state index in [4.69, 9.17) is 5.11 Å². The molecule has 3 heteroatoms. The Morgan fingerprint density at radius 2 is 2.60 bits per heavy atom. The molecule has 0 fully saturated rings. The topological polar surface area (TPSA) is 37.3 Å². The molecule has 0 aliphatic heterocycles. The summed E-state index contributed by atoms with van der Waals surface area (Å²) in [5.74, 6) is 0. The van der Waals surface area contributed by atoms with Crippen LogP contribution >= 0.6 is 0 Å². The Balaban J connectivity index is 2.40. The summed E-state index contributed by atoms with van der Waals surface area (Å²) in [4.78, 5) is 9.24. The predicted octanol–water partition coefficient (Wildman–Crippen LogP) is -1.44. The lowest BCUT2D eigenvalue weighted by Crippen LogP contribution is -1.96. The monoisotopic (exact) mass is 72.0 g/mol. The Morgan fingerprint density at radius 3 is 2.60 bits per heavy atom. The van der Waals surface area contributed by atoms with Crippen LogP contribution in [0.1, 0.15) is 0 Å². The van der Waals surface area contributed by atoms with Gasteiger partial charge >= 0.3 is 0 Å². The van der Waals surface area contributed by atoms with Crippen LogP contribution in [0.4, 0.5) is 0 Å². The average molecular weight is 71.9 g/mol. The van der Waals surface area contributed by atoms with Gasteiger partial charge in [-0.05, 0) is 0 Å². The highest BCUT2D eigenvalue weighted by Gasteiger charge is 1.74. The minimum absolute atomic E-state index is 0.0243. The van der Waals surface area contributed by atoms with Crippen LogP contribution in [-0.2, 0) is 4.79 Å². The van der Waals surface area contributed by atoms with Crippen LogP contribution in [0.15, 0.2) is 0 Å². The minimum Gasteiger partial charge on any atom is -0.404 e. The van der Waals surface area contributed by atoms with Gasteiger partial charge in [0.05, 0.1) is 6.19 Å². The summed E-state index contributed by atoms with van der Waals surface area (Å²) in [7, 11) is 0.264. The molecule has 0 amide bonds. The molecule has 0 unspecified atom stereocenters. The fraction of sp³-hybridized carbons (Fsp3) is 0.500. The number of carbonyl (C=O) groups is 1. The Labute approximate surface area is 31.0 Å². The average Bonchev–Trinajstić information content (AvgIpc) is 1.41. The van der Waals surface area contributed by atoms with Gasteiger partial charge in [-0.15, -0.1) is 0 Å². The maximum atomic E-state index is 9.24. The van der Waals surface area contributed by atoms with Gasteiger partial charge in [0.1, 0.15) is 0 Å². The number of hydrogen-bond acceptors (Lipinski definition) is 2. The molecule has 0 rings (SSSR count). The van der Waals surface area contributed by atoms with Gasteiger partial charge in [0.15, 0.2) is 0 Å². The Kier molecular flexibility index (Phi) is 3.47. The summed E-state index contributed by atoms with van der Waals surface area (Å²) in [5.41, 5.74) is 0. The molecule has 0 aromatic heterocycles. The van der Waals surface area contributed by atoms with Gasteiger partial charge in [0.2, 0.25) is 7.28 Å². The van der Waals surface area contributed by atoms with Crippen LogP contribution in [0.3, 0.4) is 0 Å². The van der Waals surface area contributed by atoms with Gasteiger partial charge < -0.3 is 9.90 Å². The third-order valence-corrected chi connectivity index (χ3v) is 0.247. The van der Waals surface area contributed by atoms with Crippen LogP contribution in [-0.4, -0.2) is 25.1 Å².